The molecule has 0 aromatic rings. The molecule has 0 atom stereocenters. The molecular weight excluding hydrogens is 182 g/mol. The molecule has 0 radical (unpaired) electrons. The summed E-state index contributed by atoms with van der Waals surface area (Å²) < 4.78 is 10.5. The Morgan fingerprint density at radius 3 is 2.64 bits per heavy atom. The van der Waals surface area contributed by atoms with E-state index in [1.54, 1.807) is 0 Å². The number of hydrogen-bond donors (Lipinski definition) is 0. The molecule has 0 aliphatic carbocycles. The largest absolute Gasteiger partial charge is 0.378 e. The monoisotopic (exact) mass is 197 g/mol. The van der Waals surface area contributed by atoms with Crippen LogP contribution >= 0.6 is 0 Å². The zero-order chi connectivity index (χ0) is 9.80. The van der Waals surface area contributed by atoms with Crippen LogP contribution in [-0.2, 0) is 14.3 Å². The normalized spacial score (nSPS) is 27.0. The van der Waals surface area contributed by atoms with Gasteiger partial charge in [-0.05, 0) is 0 Å². The maximum Gasteiger partial charge on any atom is 0.164 e. The van der Waals surface area contributed by atoms with Gasteiger partial charge in [0, 0.05) is 31.3 Å². The zero-order valence-electron chi connectivity index (χ0n) is 8.20. The number of carbonyl (C=O) groups excluding carboxylic acids is 1. The van der Waals surface area contributed by atoms with Gasteiger partial charge in [0.15, 0.2) is 5.78 Å². The summed E-state index contributed by atoms with van der Waals surface area (Å²) in [5.74, 6) is 0.225. The van der Waals surface area contributed by atoms with Crippen molar-refractivity contribution in [3.8, 4) is 0 Å². The van der Waals surface area contributed by atoms with Crippen molar-refractivity contribution in [3.63, 3.8) is 0 Å². The van der Waals surface area contributed by atoms with Crippen LogP contribution in [0.25, 0.3) is 0 Å². The maximum atomic E-state index is 11.5. The van der Waals surface area contributed by atoms with Crippen LogP contribution in [0.2, 0.25) is 0 Å². The standard InChI is InChI=1S/C10H15NO3/c12-10-1-4-14-8-9(10)7-11-2-5-13-6-3-11/h7H,1-6,8H2/b9-7+. The molecule has 2 rings (SSSR count). The predicted octanol–water partition coefficient (Wildman–Crippen LogP) is 0.192. The van der Waals surface area contributed by atoms with Crippen LogP contribution in [0.5, 0.6) is 0 Å². The highest BCUT2D eigenvalue weighted by Crippen LogP contribution is 2.10. The quantitative estimate of drug-likeness (QED) is 0.563. The van der Waals surface area contributed by atoms with Gasteiger partial charge in [-0.2, -0.15) is 0 Å². The van der Waals surface area contributed by atoms with Crippen LogP contribution < -0.4 is 0 Å². The molecule has 0 amide bonds. The second kappa shape index (κ2) is 4.57. The van der Waals surface area contributed by atoms with Gasteiger partial charge < -0.3 is 14.4 Å². The number of carbonyl (C=O) groups is 1. The molecule has 0 spiro atoms. The molecule has 2 aliphatic rings. The molecular formula is C10H15NO3. The van der Waals surface area contributed by atoms with Crippen molar-refractivity contribution in [2.24, 2.45) is 0 Å². The Hall–Kier alpha value is -0.870. The maximum absolute atomic E-state index is 11.5. The van der Waals surface area contributed by atoms with Crippen LogP contribution in [0.15, 0.2) is 11.8 Å². The minimum atomic E-state index is 0.225. The molecule has 2 aliphatic heterocycles. The first kappa shape index (κ1) is 9.68. The van der Waals surface area contributed by atoms with E-state index in [0.29, 0.717) is 19.6 Å². The van der Waals surface area contributed by atoms with Gasteiger partial charge in [0.2, 0.25) is 0 Å². The summed E-state index contributed by atoms with van der Waals surface area (Å²) in [6, 6.07) is 0. The Morgan fingerprint density at radius 2 is 1.93 bits per heavy atom. The lowest BCUT2D eigenvalue weighted by Crippen LogP contribution is -2.33. The van der Waals surface area contributed by atoms with Gasteiger partial charge in [-0.3, -0.25) is 4.79 Å². The van der Waals surface area contributed by atoms with E-state index in [-0.39, 0.29) is 5.78 Å². The van der Waals surface area contributed by atoms with Crippen molar-refractivity contribution in [1.29, 1.82) is 0 Å². The van der Waals surface area contributed by atoms with Gasteiger partial charge in [0.1, 0.15) is 0 Å². The average Bonchev–Trinajstić information content (AvgIpc) is 2.23. The lowest BCUT2D eigenvalue weighted by atomic mass is 10.1. The van der Waals surface area contributed by atoms with Gasteiger partial charge in [0.25, 0.3) is 0 Å². The molecule has 4 nitrogen and oxygen atoms in total. The fraction of sp³-hybridized carbons (Fsp3) is 0.700. The van der Waals surface area contributed by atoms with E-state index in [4.69, 9.17) is 9.47 Å². The van der Waals surface area contributed by atoms with Gasteiger partial charge in [-0.15, -0.1) is 0 Å². The molecule has 0 N–H and O–H groups in total. The first-order chi connectivity index (χ1) is 6.86. The average molecular weight is 197 g/mol. The van der Waals surface area contributed by atoms with Gasteiger partial charge >= 0.3 is 0 Å². The Bertz CT molecular complexity index is 244. The van der Waals surface area contributed by atoms with E-state index >= 15 is 0 Å². The van der Waals surface area contributed by atoms with Crippen LogP contribution in [0, 0.1) is 0 Å². The summed E-state index contributed by atoms with van der Waals surface area (Å²) in [7, 11) is 0. The number of morpholine rings is 1. The van der Waals surface area contributed by atoms with Crippen LogP contribution in [-0.4, -0.2) is 50.2 Å². The third kappa shape index (κ3) is 2.33. The first-order valence-corrected chi connectivity index (χ1v) is 5.00. The number of Topliss-reactive ketones (excluding diaryl/α,β-unsaturated/α-hetero) is 1. The first-order valence-electron chi connectivity index (χ1n) is 5.00. The lowest BCUT2D eigenvalue weighted by molar-refractivity contribution is -0.119. The van der Waals surface area contributed by atoms with E-state index in [1.165, 1.54) is 0 Å². The summed E-state index contributed by atoms with van der Waals surface area (Å²) >= 11 is 0. The number of hydrogen-bond acceptors (Lipinski definition) is 4. The van der Waals surface area contributed by atoms with Crippen molar-refractivity contribution in [3.05, 3.63) is 11.8 Å². The molecule has 0 aromatic heterocycles. The molecule has 0 unspecified atom stereocenters. The highest BCUT2D eigenvalue weighted by atomic mass is 16.5. The molecule has 4 heteroatoms. The van der Waals surface area contributed by atoms with Crippen LogP contribution in [0.3, 0.4) is 0 Å². The molecule has 0 aromatic carbocycles. The number of rotatable bonds is 1. The van der Waals surface area contributed by atoms with Crippen molar-refractivity contribution in [2.75, 3.05) is 39.5 Å². The van der Waals surface area contributed by atoms with Crippen LogP contribution in [0.4, 0.5) is 0 Å². The molecule has 2 saturated heterocycles. The second-order valence-electron chi connectivity index (χ2n) is 3.53. The molecule has 2 fully saturated rings. The summed E-state index contributed by atoms with van der Waals surface area (Å²) in [6.45, 7) is 4.28. The fourth-order valence-corrected chi connectivity index (χ4v) is 1.62. The number of ketones is 1. The molecule has 2 heterocycles. The van der Waals surface area contributed by atoms with Crippen molar-refractivity contribution in [1.82, 2.24) is 4.90 Å². The highest BCUT2D eigenvalue weighted by molar-refractivity contribution is 5.96. The smallest absolute Gasteiger partial charge is 0.164 e. The lowest BCUT2D eigenvalue weighted by Gasteiger charge is -2.27. The minimum Gasteiger partial charge on any atom is -0.378 e. The fourth-order valence-electron chi connectivity index (χ4n) is 1.62. The van der Waals surface area contributed by atoms with Crippen molar-refractivity contribution < 1.29 is 14.3 Å². The zero-order valence-corrected chi connectivity index (χ0v) is 8.20. The molecule has 0 saturated carbocycles. The summed E-state index contributed by atoms with van der Waals surface area (Å²) in [5.41, 5.74) is 0.804. The topological polar surface area (TPSA) is 38.8 Å². The summed E-state index contributed by atoms with van der Waals surface area (Å²) in [6.07, 6.45) is 2.46. The summed E-state index contributed by atoms with van der Waals surface area (Å²) in [4.78, 5) is 13.6. The van der Waals surface area contributed by atoms with E-state index in [1.807, 2.05) is 6.20 Å². The molecule has 0 bridgehead atoms. The predicted molar refractivity (Wildman–Crippen MR) is 50.9 cm³/mol. The van der Waals surface area contributed by atoms with Gasteiger partial charge in [0.05, 0.1) is 26.4 Å². The third-order valence-corrected chi connectivity index (χ3v) is 2.47. The number of ether oxygens (including phenoxy) is 2. The minimum absolute atomic E-state index is 0.225. The Kier molecular flexibility index (Phi) is 3.16. The Balaban J connectivity index is 1.96. The van der Waals surface area contributed by atoms with Crippen LogP contribution in [0.1, 0.15) is 6.42 Å². The highest BCUT2D eigenvalue weighted by Gasteiger charge is 2.17. The van der Waals surface area contributed by atoms with Gasteiger partial charge in [-0.25, -0.2) is 0 Å². The van der Waals surface area contributed by atoms with Crippen molar-refractivity contribution >= 4 is 5.78 Å². The van der Waals surface area contributed by atoms with E-state index < -0.39 is 0 Å². The Morgan fingerprint density at radius 1 is 1.14 bits per heavy atom. The van der Waals surface area contributed by atoms with Gasteiger partial charge in [-0.1, -0.05) is 0 Å². The second-order valence-corrected chi connectivity index (χ2v) is 3.53. The van der Waals surface area contributed by atoms with E-state index in [0.717, 1.165) is 31.9 Å². The molecule has 78 valence electrons. The van der Waals surface area contributed by atoms with Crippen molar-refractivity contribution in [2.45, 2.75) is 6.42 Å². The van der Waals surface area contributed by atoms with E-state index in [2.05, 4.69) is 4.90 Å². The third-order valence-electron chi connectivity index (χ3n) is 2.47. The summed E-state index contributed by atoms with van der Waals surface area (Å²) in [5, 5.41) is 0. The SMILES string of the molecule is O=C1CCOC/C1=C\N1CCOCC1. The molecule has 14 heavy (non-hydrogen) atoms. The van der Waals surface area contributed by atoms with E-state index in [9.17, 15) is 4.79 Å². The Labute approximate surface area is 83.5 Å². The number of nitrogens with zero attached hydrogens (tertiary/aromatic N) is 1.